The summed E-state index contributed by atoms with van der Waals surface area (Å²) in [5, 5.41) is 22.3. The number of rotatable bonds is 3. The Morgan fingerprint density at radius 3 is 2.89 bits per heavy atom. The normalized spacial score (nSPS) is 33.4. The van der Waals surface area contributed by atoms with Crippen molar-refractivity contribution in [2.75, 3.05) is 18.5 Å². The molecule has 3 heterocycles. The van der Waals surface area contributed by atoms with Crippen molar-refractivity contribution in [2.24, 2.45) is 11.8 Å². The standard InChI is InChI=1S/C20H26BrN5O/c21-15-9-23-26-18(24-16-7-13-5-11(16)8-22-13)14-6-12(10-27)20(3-1-2-4-20)17(14)25-19(15)26/h9,11-13,16,22,24,27H,1-8,10H2/t11-,12?,13-,16+/m0/s1. The third-order valence-corrected chi connectivity index (χ3v) is 8.37. The molecule has 27 heavy (non-hydrogen) atoms. The molecule has 0 radical (unpaired) electrons. The van der Waals surface area contributed by atoms with Gasteiger partial charge in [-0.25, -0.2) is 4.98 Å². The summed E-state index contributed by atoms with van der Waals surface area (Å²) in [4.78, 5) is 5.12. The van der Waals surface area contributed by atoms with Crippen LogP contribution in [0.5, 0.6) is 0 Å². The summed E-state index contributed by atoms with van der Waals surface area (Å²) in [5.74, 6) is 2.11. The summed E-state index contributed by atoms with van der Waals surface area (Å²) in [6.45, 7) is 1.36. The molecule has 0 amide bonds. The fourth-order valence-electron chi connectivity index (χ4n) is 6.47. The van der Waals surface area contributed by atoms with Crippen molar-refractivity contribution >= 4 is 27.4 Å². The van der Waals surface area contributed by atoms with Gasteiger partial charge in [0.05, 0.1) is 16.4 Å². The van der Waals surface area contributed by atoms with Crippen LogP contribution in [-0.4, -0.2) is 44.9 Å². The van der Waals surface area contributed by atoms with Crippen molar-refractivity contribution in [3.63, 3.8) is 0 Å². The number of anilines is 1. The summed E-state index contributed by atoms with van der Waals surface area (Å²) in [5.41, 5.74) is 3.50. The smallest absolute Gasteiger partial charge is 0.171 e. The van der Waals surface area contributed by atoms with Gasteiger partial charge in [-0.05, 0) is 59.9 Å². The van der Waals surface area contributed by atoms with E-state index in [9.17, 15) is 5.11 Å². The number of fused-ring (bicyclic) bond motifs is 5. The van der Waals surface area contributed by atoms with E-state index in [1.54, 1.807) is 0 Å². The summed E-state index contributed by atoms with van der Waals surface area (Å²) in [6.07, 6.45) is 10.0. The van der Waals surface area contributed by atoms with Gasteiger partial charge in [0.25, 0.3) is 0 Å². The molecule has 0 aromatic carbocycles. The fraction of sp³-hybridized carbons (Fsp3) is 0.700. The van der Waals surface area contributed by atoms with Crippen LogP contribution < -0.4 is 10.6 Å². The number of aromatic nitrogens is 3. The van der Waals surface area contributed by atoms with Crippen molar-refractivity contribution in [1.82, 2.24) is 19.9 Å². The summed E-state index contributed by atoms with van der Waals surface area (Å²) in [6, 6.07) is 1.16. The third kappa shape index (κ3) is 2.25. The average Bonchev–Trinajstić information content (AvgIpc) is 3.48. The minimum Gasteiger partial charge on any atom is -0.396 e. The van der Waals surface area contributed by atoms with Gasteiger partial charge in [0.1, 0.15) is 5.82 Å². The van der Waals surface area contributed by atoms with E-state index in [1.165, 1.54) is 36.9 Å². The minimum atomic E-state index is 0.0577. The van der Waals surface area contributed by atoms with Crippen LogP contribution in [0.2, 0.25) is 0 Å². The Hall–Kier alpha value is -1.18. The Balaban J connectivity index is 1.51. The maximum absolute atomic E-state index is 10.2. The van der Waals surface area contributed by atoms with Crippen LogP contribution in [0.1, 0.15) is 49.8 Å². The first-order valence-electron chi connectivity index (χ1n) is 10.4. The van der Waals surface area contributed by atoms with Crippen molar-refractivity contribution in [3.8, 4) is 0 Å². The molecule has 6 rings (SSSR count). The maximum atomic E-state index is 10.2. The van der Waals surface area contributed by atoms with Gasteiger partial charge in [0, 0.05) is 36.2 Å². The third-order valence-electron chi connectivity index (χ3n) is 7.81. The van der Waals surface area contributed by atoms with Crippen LogP contribution in [0.25, 0.3) is 5.65 Å². The number of hydrogen-bond acceptors (Lipinski definition) is 5. The SMILES string of the molecule is OCC1Cc2c(nc3c(Br)cnn3c2N[C@@H]2C[C@@H]3C[C@H]2CN3)C12CCCC2. The second kappa shape index (κ2) is 5.91. The van der Waals surface area contributed by atoms with Crippen molar-refractivity contribution in [3.05, 3.63) is 21.9 Å². The van der Waals surface area contributed by atoms with E-state index >= 15 is 0 Å². The molecule has 1 unspecified atom stereocenters. The molecule has 1 aliphatic heterocycles. The fourth-order valence-corrected chi connectivity index (χ4v) is 6.81. The quantitative estimate of drug-likeness (QED) is 0.696. The number of aliphatic hydroxyl groups excluding tert-OH is 1. The van der Waals surface area contributed by atoms with Crippen LogP contribution in [0, 0.1) is 11.8 Å². The molecule has 2 aromatic heterocycles. The van der Waals surface area contributed by atoms with Crippen molar-refractivity contribution in [1.29, 1.82) is 0 Å². The van der Waals surface area contributed by atoms with Gasteiger partial charge < -0.3 is 15.7 Å². The highest BCUT2D eigenvalue weighted by atomic mass is 79.9. The topological polar surface area (TPSA) is 74.5 Å². The lowest BCUT2D eigenvalue weighted by Gasteiger charge is -2.30. The van der Waals surface area contributed by atoms with Crippen LogP contribution in [0.15, 0.2) is 10.7 Å². The van der Waals surface area contributed by atoms with Gasteiger partial charge in [-0.3, -0.25) is 0 Å². The summed E-state index contributed by atoms with van der Waals surface area (Å²) >= 11 is 3.65. The molecule has 2 aromatic rings. The first kappa shape index (κ1) is 16.7. The Labute approximate surface area is 167 Å². The van der Waals surface area contributed by atoms with Gasteiger partial charge in [0.2, 0.25) is 0 Å². The molecule has 3 aliphatic carbocycles. The number of aliphatic hydroxyl groups is 1. The van der Waals surface area contributed by atoms with Crippen LogP contribution in [0.3, 0.4) is 0 Å². The second-order valence-corrected chi connectivity index (χ2v) is 9.90. The molecule has 7 heteroatoms. The molecule has 4 atom stereocenters. The first-order valence-corrected chi connectivity index (χ1v) is 11.2. The van der Waals surface area contributed by atoms with Crippen molar-refractivity contribution in [2.45, 2.75) is 62.4 Å². The summed E-state index contributed by atoms with van der Waals surface area (Å²) in [7, 11) is 0. The molecule has 6 nitrogen and oxygen atoms in total. The number of nitrogens with zero attached hydrogens (tertiary/aromatic N) is 3. The molecule has 2 saturated carbocycles. The zero-order valence-electron chi connectivity index (χ0n) is 15.4. The van der Waals surface area contributed by atoms with E-state index < -0.39 is 0 Å². The van der Waals surface area contributed by atoms with Gasteiger partial charge in [-0.2, -0.15) is 9.61 Å². The molecule has 3 N–H and O–H groups in total. The van der Waals surface area contributed by atoms with Gasteiger partial charge in [-0.15, -0.1) is 0 Å². The van der Waals surface area contributed by atoms with E-state index in [0.29, 0.717) is 18.0 Å². The first-order chi connectivity index (χ1) is 13.2. The van der Waals surface area contributed by atoms with Gasteiger partial charge >= 0.3 is 0 Å². The van der Waals surface area contributed by atoms with Crippen molar-refractivity contribution < 1.29 is 5.11 Å². The van der Waals surface area contributed by atoms with E-state index in [0.717, 1.165) is 41.7 Å². The Morgan fingerprint density at radius 2 is 2.19 bits per heavy atom. The molecule has 144 valence electrons. The second-order valence-electron chi connectivity index (χ2n) is 9.05. The lowest BCUT2D eigenvalue weighted by molar-refractivity contribution is 0.162. The Bertz CT molecular complexity index is 905. The molecule has 1 spiro atoms. The predicted molar refractivity (Wildman–Crippen MR) is 107 cm³/mol. The number of piperidine rings is 1. The highest BCUT2D eigenvalue weighted by molar-refractivity contribution is 9.10. The molecule has 2 bridgehead atoms. The van der Waals surface area contributed by atoms with Gasteiger partial charge in [-0.1, -0.05) is 12.8 Å². The highest BCUT2D eigenvalue weighted by Crippen LogP contribution is 2.54. The lowest BCUT2D eigenvalue weighted by atomic mass is 9.76. The Kier molecular flexibility index (Phi) is 3.66. The van der Waals surface area contributed by atoms with Gasteiger partial charge in [0.15, 0.2) is 5.65 Å². The highest BCUT2D eigenvalue weighted by Gasteiger charge is 2.51. The minimum absolute atomic E-state index is 0.0577. The zero-order chi connectivity index (χ0) is 18.2. The van der Waals surface area contributed by atoms with E-state index in [1.807, 2.05) is 10.7 Å². The van der Waals surface area contributed by atoms with Crippen LogP contribution >= 0.6 is 15.9 Å². The number of nitrogens with one attached hydrogen (secondary N) is 2. The van der Waals surface area contributed by atoms with E-state index in [4.69, 9.17) is 4.98 Å². The van der Waals surface area contributed by atoms with E-state index in [-0.39, 0.29) is 17.9 Å². The van der Waals surface area contributed by atoms with Crippen LogP contribution in [-0.2, 0) is 11.8 Å². The maximum Gasteiger partial charge on any atom is 0.171 e. The number of halogens is 1. The number of hydrogen-bond donors (Lipinski definition) is 3. The largest absolute Gasteiger partial charge is 0.396 e. The average molecular weight is 432 g/mol. The van der Waals surface area contributed by atoms with Crippen LogP contribution in [0.4, 0.5) is 5.82 Å². The monoisotopic (exact) mass is 431 g/mol. The zero-order valence-corrected chi connectivity index (χ0v) is 17.0. The molecule has 1 saturated heterocycles. The molecule has 4 aliphatic rings. The molecular formula is C20H26BrN5O. The molecule has 3 fully saturated rings. The predicted octanol–water partition coefficient (Wildman–Crippen LogP) is 2.63. The molecular weight excluding hydrogens is 406 g/mol. The van der Waals surface area contributed by atoms with E-state index in [2.05, 4.69) is 31.7 Å². The Morgan fingerprint density at radius 1 is 1.33 bits per heavy atom. The lowest BCUT2D eigenvalue weighted by Crippen LogP contribution is -2.37. The summed E-state index contributed by atoms with van der Waals surface area (Å²) < 4.78 is 2.94.